The topological polar surface area (TPSA) is 0 Å². The summed E-state index contributed by atoms with van der Waals surface area (Å²) in [7, 11) is 0. The number of rotatable bonds is 1. The molecule has 0 spiro atoms. The fraction of sp³-hybridized carbons (Fsp3) is 1.00. The van der Waals surface area contributed by atoms with Gasteiger partial charge in [0.15, 0.2) is 0 Å². The molecule has 2 atom stereocenters. The van der Waals surface area contributed by atoms with Crippen LogP contribution in [0.2, 0.25) is 0 Å². The van der Waals surface area contributed by atoms with Crippen molar-refractivity contribution in [1.29, 1.82) is 0 Å². The van der Waals surface area contributed by atoms with Gasteiger partial charge in [-0.25, -0.2) is 4.39 Å². The first-order chi connectivity index (χ1) is 7.52. The van der Waals surface area contributed by atoms with E-state index in [1.807, 2.05) is 0 Å². The first-order valence-electron chi connectivity index (χ1n) is 4.98. The van der Waals surface area contributed by atoms with Crippen molar-refractivity contribution in [1.82, 2.24) is 0 Å². The Labute approximate surface area is 107 Å². The van der Waals surface area contributed by atoms with Crippen LogP contribution in [0.5, 0.6) is 0 Å². The molecule has 102 valence electrons. The van der Waals surface area contributed by atoms with Gasteiger partial charge in [-0.15, -0.1) is 0 Å². The Morgan fingerprint density at radius 2 is 1.18 bits per heavy atom. The third-order valence-electron chi connectivity index (χ3n) is 3.02. The Balaban J connectivity index is 3.15. The Morgan fingerprint density at radius 3 is 1.53 bits per heavy atom. The van der Waals surface area contributed by atoms with Crippen LogP contribution >= 0.6 is 22.6 Å². The molecule has 0 radical (unpaired) electrons. The summed E-state index contributed by atoms with van der Waals surface area (Å²) < 4.78 is 87.5. The summed E-state index contributed by atoms with van der Waals surface area (Å²) in [5.74, 6) is -2.04. The van der Waals surface area contributed by atoms with Crippen LogP contribution in [-0.2, 0) is 0 Å². The quantitative estimate of drug-likeness (QED) is 0.349. The minimum Gasteiger partial charge on any atom is -0.223 e. The second-order valence-electron chi connectivity index (χ2n) is 4.11. The van der Waals surface area contributed by atoms with Crippen molar-refractivity contribution in [3.8, 4) is 0 Å². The molecule has 1 fully saturated rings. The van der Waals surface area contributed by atoms with Crippen molar-refractivity contribution in [2.75, 3.05) is 0 Å². The van der Waals surface area contributed by atoms with Crippen LogP contribution in [0.3, 0.4) is 0 Å². The lowest BCUT2D eigenvalue weighted by Crippen LogP contribution is -2.60. The molecule has 0 heterocycles. The molecule has 0 N–H and O–H groups in total. The van der Waals surface area contributed by atoms with E-state index in [1.54, 1.807) is 0 Å². The lowest BCUT2D eigenvalue weighted by atomic mass is 9.77. The third-order valence-corrected chi connectivity index (χ3v) is 4.51. The van der Waals surface area contributed by atoms with E-state index in [-0.39, 0.29) is 19.3 Å². The Hall–Kier alpha value is 0.240. The summed E-state index contributed by atoms with van der Waals surface area (Å²) in [5.41, 5.74) is -5.09. The Morgan fingerprint density at radius 1 is 0.765 bits per heavy atom. The first kappa shape index (κ1) is 15.3. The number of hydrogen-bond donors (Lipinski definition) is 0. The lowest BCUT2D eigenvalue weighted by Gasteiger charge is -2.40. The zero-order valence-electron chi connectivity index (χ0n) is 8.51. The van der Waals surface area contributed by atoms with Gasteiger partial charge in [-0.05, 0) is 12.8 Å². The first-order valence-corrected chi connectivity index (χ1v) is 6.23. The normalized spacial score (nSPS) is 28.2. The van der Waals surface area contributed by atoms with Crippen LogP contribution in [0.15, 0.2) is 0 Å². The van der Waals surface area contributed by atoms with Crippen molar-refractivity contribution in [2.45, 2.75) is 47.6 Å². The van der Waals surface area contributed by atoms with E-state index >= 15 is 0 Å². The minimum atomic E-state index is -5.92. The summed E-state index contributed by atoms with van der Waals surface area (Å²) >= 11 is 1.48. The van der Waals surface area contributed by atoms with Gasteiger partial charge in [-0.2, -0.15) is 26.3 Å². The summed E-state index contributed by atoms with van der Waals surface area (Å²) in [6.07, 6.45) is -11.3. The highest BCUT2D eigenvalue weighted by Crippen LogP contribution is 2.55. The molecule has 0 nitrogen and oxygen atoms in total. The van der Waals surface area contributed by atoms with Gasteiger partial charge in [0, 0.05) is 9.84 Å². The van der Waals surface area contributed by atoms with E-state index in [2.05, 4.69) is 0 Å². The summed E-state index contributed by atoms with van der Waals surface area (Å²) in [6.45, 7) is 0. The molecule has 0 aromatic carbocycles. The van der Waals surface area contributed by atoms with Gasteiger partial charge in [-0.1, -0.05) is 35.4 Å². The second-order valence-corrected chi connectivity index (χ2v) is 5.71. The molecule has 8 heteroatoms. The second kappa shape index (κ2) is 4.73. The molecule has 0 aromatic heterocycles. The zero-order chi connectivity index (χ0) is 13.5. The van der Waals surface area contributed by atoms with Gasteiger partial charge in [0.25, 0.3) is 0 Å². The maximum atomic E-state index is 13.7. The smallest absolute Gasteiger partial charge is 0.223 e. The molecule has 17 heavy (non-hydrogen) atoms. The number of halogens is 8. The molecule has 0 saturated heterocycles. The van der Waals surface area contributed by atoms with Gasteiger partial charge in [0.1, 0.15) is 0 Å². The van der Waals surface area contributed by atoms with Crippen molar-refractivity contribution >= 4 is 22.6 Å². The van der Waals surface area contributed by atoms with E-state index in [0.717, 1.165) is 0 Å². The van der Waals surface area contributed by atoms with Gasteiger partial charge in [0.05, 0.1) is 0 Å². The van der Waals surface area contributed by atoms with Crippen LogP contribution in [-0.4, -0.2) is 21.9 Å². The lowest BCUT2D eigenvalue weighted by molar-refractivity contribution is -0.359. The van der Waals surface area contributed by atoms with Gasteiger partial charge < -0.3 is 0 Å². The highest BCUT2D eigenvalue weighted by atomic mass is 127. The fourth-order valence-electron chi connectivity index (χ4n) is 2.11. The predicted molar refractivity (Wildman–Crippen MR) is 55.7 cm³/mol. The van der Waals surface area contributed by atoms with Crippen molar-refractivity contribution in [2.24, 2.45) is 5.92 Å². The highest BCUT2D eigenvalue weighted by molar-refractivity contribution is 14.1. The van der Waals surface area contributed by atoms with Crippen LogP contribution in [0.4, 0.5) is 30.7 Å². The van der Waals surface area contributed by atoms with E-state index in [4.69, 9.17) is 0 Å². The molecule has 0 amide bonds. The molecule has 1 rings (SSSR count). The van der Waals surface area contributed by atoms with E-state index in [9.17, 15) is 30.7 Å². The zero-order valence-corrected chi connectivity index (χ0v) is 10.7. The molecule has 1 aliphatic carbocycles. The van der Waals surface area contributed by atoms with E-state index in [1.165, 1.54) is 22.6 Å². The summed E-state index contributed by atoms with van der Waals surface area (Å²) in [4.78, 5) is 0. The molecule has 1 aliphatic rings. The molecular weight excluding hydrogens is 368 g/mol. The average Bonchev–Trinajstić information content (AvgIpc) is 2.13. The molecule has 1 saturated carbocycles. The minimum absolute atomic E-state index is 0.184. The predicted octanol–water partition coefficient (Wildman–Crippen LogP) is 4.81. The third kappa shape index (κ3) is 2.65. The molecule has 0 unspecified atom stereocenters. The van der Waals surface area contributed by atoms with Crippen molar-refractivity contribution in [3.63, 3.8) is 0 Å². The maximum Gasteiger partial charge on any atom is 0.431 e. The molecule has 0 aromatic rings. The number of hydrogen-bond acceptors (Lipinski definition) is 0. The average molecular weight is 378 g/mol. The SMILES string of the molecule is FC(F)(F)C(F)([C@H]1CCCC[C@H]1I)C(F)(F)F. The van der Waals surface area contributed by atoms with Crippen molar-refractivity contribution in [3.05, 3.63) is 0 Å². The molecule has 0 bridgehead atoms. The van der Waals surface area contributed by atoms with Crippen LogP contribution in [0, 0.1) is 5.92 Å². The molecular formula is C9H10F7I. The van der Waals surface area contributed by atoms with Crippen LogP contribution in [0.1, 0.15) is 25.7 Å². The van der Waals surface area contributed by atoms with Crippen molar-refractivity contribution < 1.29 is 30.7 Å². The van der Waals surface area contributed by atoms with Gasteiger partial charge in [0.2, 0.25) is 0 Å². The largest absolute Gasteiger partial charge is 0.431 e. The van der Waals surface area contributed by atoms with Crippen LogP contribution in [0.25, 0.3) is 0 Å². The van der Waals surface area contributed by atoms with Crippen LogP contribution < -0.4 is 0 Å². The Kier molecular flexibility index (Phi) is 4.26. The Bertz CT molecular complexity index is 255. The van der Waals surface area contributed by atoms with E-state index in [0.29, 0.717) is 6.42 Å². The fourth-order valence-corrected chi connectivity index (χ4v) is 3.41. The van der Waals surface area contributed by atoms with Gasteiger partial charge >= 0.3 is 18.0 Å². The standard InChI is InChI=1S/C9H10F7I/c10-7(8(11,12)13,9(14,15)16)5-3-1-2-4-6(5)17/h5-6H,1-4H2/t5-,6+/m0/s1. The monoisotopic (exact) mass is 378 g/mol. The maximum absolute atomic E-state index is 13.7. The molecule has 0 aliphatic heterocycles. The summed E-state index contributed by atoms with van der Waals surface area (Å²) in [6, 6.07) is 0. The summed E-state index contributed by atoms with van der Waals surface area (Å²) in [5, 5.41) is 0. The highest BCUT2D eigenvalue weighted by Gasteiger charge is 2.76. The number of alkyl halides is 8. The van der Waals surface area contributed by atoms with E-state index < -0.39 is 27.9 Å². The van der Waals surface area contributed by atoms with Gasteiger partial charge in [-0.3, -0.25) is 0 Å².